The summed E-state index contributed by atoms with van der Waals surface area (Å²) in [6.45, 7) is 17.8. The standard InChI is InChI=1S/C18H34O3Si/c1-9-17(4,20)12-10-15-14(16(2,3)19)11-13-18(15,5)21-22(6,7)8/h9-10,12,14-15,19-20H,1,11,13H2,2-8H3. The summed E-state index contributed by atoms with van der Waals surface area (Å²) in [7, 11) is -1.71. The summed E-state index contributed by atoms with van der Waals surface area (Å²) in [6.07, 6.45) is 7.18. The van der Waals surface area contributed by atoms with Crippen LogP contribution >= 0.6 is 0 Å². The van der Waals surface area contributed by atoms with Crippen molar-refractivity contribution in [2.75, 3.05) is 0 Å². The van der Waals surface area contributed by atoms with Crippen LogP contribution in [0.3, 0.4) is 0 Å². The molecule has 0 aromatic carbocycles. The van der Waals surface area contributed by atoms with Crippen LogP contribution in [0.4, 0.5) is 0 Å². The van der Waals surface area contributed by atoms with Crippen LogP contribution in [0.1, 0.15) is 40.5 Å². The van der Waals surface area contributed by atoms with E-state index < -0.39 is 19.5 Å². The first-order valence-corrected chi connectivity index (χ1v) is 11.6. The molecule has 128 valence electrons. The molecule has 0 spiro atoms. The van der Waals surface area contributed by atoms with Crippen molar-refractivity contribution in [2.24, 2.45) is 11.8 Å². The van der Waals surface area contributed by atoms with Crippen LogP contribution in [-0.4, -0.2) is 35.3 Å². The smallest absolute Gasteiger partial charge is 0.184 e. The van der Waals surface area contributed by atoms with E-state index >= 15 is 0 Å². The molecule has 0 radical (unpaired) electrons. The molecule has 0 heterocycles. The van der Waals surface area contributed by atoms with Crippen molar-refractivity contribution in [3.05, 3.63) is 24.8 Å². The molecule has 1 fully saturated rings. The first kappa shape index (κ1) is 19.6. The molecular weight excluding hydrogens is 292 g/mol. The Kier molecular flexibility index (Phi) is 5.56. The molecule has 3 nitrogen and oxygen atoms in total. The molecule has 0 amide bonds. The van der Waals surface area contributed by atoms with E-state index in [2.05, 4.69) is 33.1 Å². The predicted molar refractivity (Wildman–Crippen MR) is 95.3 cm³/mol. The monoisotopic (exact) mass is 326 g/mol. The molecule has 1 saturated carbocycles. The quantitative estimate of drug-likeness (QED) is 0.575. The average Bonchev–Trinajstić information content (AvgIpc) is 2.60. The van der Waals surface area contributed by atoms with Crippen LogP contribution < -0.4 is 0 Å². The van der Waals surface area contributed by atoms with Crippen molar-refractivity contribution < 1.29 is 14.6 Å². The van der Waals surface area contributed by atoms with Crippen molar-refractivity contribution in [1.82, 2.24) is 0 Å². The Morgan fingerprint density at radius 1 is 1.23 bits per heavy atom. The number of hydrogen-bond acceptors (Lipinski definition) is 3. The summed E-state index contributed by atoms with van der Waals surface area (Å²) < 4.78 is 6.49. The third-order valence-corrected chi connectivity index (χ3v) is 5.67. The van der Waals surface area contributed by atoms with Crippen LogP contribution in [0.5, 0.6) is 0 Å². The summed E-state index contributed by atoms with van der Waals surface area (Å²) >= 11 is 0. The fourth-order valence-corrected chi connectivity index (χ4v) is 5.17. The van der Waals surface area contributed by atoms with Crippen LogP contribution in [0.2, 0.25) is 19.6 Å². The maximum absolute atomic E-state index is 10.5. The topological polar surface area (TPSA) is 49.7 Å². The van der Waals surface area contributed by atoms with Gasteiger partial charge in [-0.15, -0.1) is 0 Å². The largest absolute Gasteiger partial charge is 0.412 e. The molecule has 2 N–H and O–H groups in total. The molecule has 0 aliphatic heterocycles. The van der Waals surface area contributed by atoms with Gasteiger partial charge in [-0.25, -0.2) is 0 Å². The van der Waals surface area contributed by atoms with Crippen molar-refractivity contribution in [2.45, 2.75) is 77.0 Å². The fraction of sp³-hybridized carbons (Fsp3) is 0.778. The summed E-state index contributed by atoms with van der Waals surface area (Å²) in [5.41, 5.74) is -2.09. The molecule has 1 aliphatic carbocycles. The average molecular weight is 327 g/mol. The predicted octanol–water partition coefficient (Wildman–Crippen LogP) is 3.89. The highest BCUT2D eigenvalue weighted by molar-refractivity contribution is 6.69. The van der Waals surface area contributed by atoms with E-state index in [0.717, 1.165) is 12.8 Å². The van der Waals surface area contributed by atoms with Gasteiger partial charge in [0.15, 0.2) is 8.32 Å². The van der Waals surface area contributed by atoms with Crippen LogP contribution in [-0.2, 0) is 4.43 Å². The molecule has 0 aromatic heterocycles. The van der Waals surface area contributed by atoms with Gasteiger partial charge in [0.1, 0.15) is 0 Å². The lowest BCUT2D eigenvalue weighted by Crippen LogP contribution is -2.46. The second kappa shape index (κ2) is 6.23. The number of rotatable bonds is 6. The highest BCUT2D eigenvalue weighted by Gasteiger charge is 2.51. The van der Waals surface area contributed by atoms with Crippen LogP contribution in [0, 0.1) is 11.8 Å². The molecule has 4 atom stereocenters. The lowest BCUT2D eigenvalue weighted by Gasteiger charge is -2.40. The van der Waals surface area contributed by atoms with Gasteiger partial charge < -0.3 is 14.6 Å². The molecule has 22 heavy (non-hydrogen) atoms. The lowest BCUT2D eigenvalue weighted by atomic mass is 9.78. The van der Waals surface area contributed by atoms with Crippen molar-refractivity contribution >= 4 is 8.32 Å². The third-order valence-electron chi connectivity index (χ3n) is 4.59. The fourth-order valence-electron chi connectivity index (χ4n) is 3.53. The number of aliphatic hydroxyl groups is 2. The maximum atomic E-state index is 10.5. The van der Waals surface area contributed by atoms with E-state index in [0.29, 0.717) is 0 Å². The zero-order valence-electron chi connectivity index (χ0n) is 15.3. The SMILES string of the molecule is C=CC(C)(O)C=CC1C(C(C)(C)O)CCC1(C)O[Si](C)(C)C. The van der Waals surface area contributed by atoms with Gasteiger partial charge in [0.25, 0.3) is 0 Å². The Morgan fingerprint density at radius 3 is 2.18 bits per heavy atom. The molecule has 4 unspecified atom stereocenters. The van der Waals surface area contributed by atoms with E-state index in [4.69, 9.17) is 4.43 Å². The van der Waals surface area contributed by atoms with Gasteiger partial charge in [-0.3, -0.25) is 0 Å². The van der Waals surface area contributed by atoms with Gasteiger partial charge in [-0.1, -0.05) is 24.8 Å². The summed E-state index contributed by atoms with van der Waals surface area (Å²) in [4.78, 5) is 0. The van der Waals surface area contributed by atoms with Gasteiger partial charge in [-0.05, 0) is 66.1 Å². The van der Waals surface area contributed by atoms with E-state index in [9.17, 15) is 10.2 Å². The Bertz CT molecular complexity index is 429. The van der Waals surface area contributed by atoms with Gasteiger partial charge in [0.05, 0.1) is 16.8 Å². The lowest BCUT2D eigenvalue weighted by molar-refractivity contribution is -0.0232. The van der Waals surface area contributed by atoms with Crippen molar-refractivity contribution in [1.29, 1.82) is 0 Å². The van der Waals surface area contributed by atoms with E-state index in [1.807, 2.05) is 19.9 Å². The highest BCUT2D eigenvalue weighted by atomic mass is 28.4. The highest BCUT2D eigenvalue weighted by Crippen LogP contribution is 2.49. The van der Waals surface area contributed by atoms with Gasteiger partial charge in [-0.2, -0.15) is 0 Å². The minimum Gasteiger partial charge on any atom is -0.412 e. The molecular formula is C18H34O3Si. The minimum absolute atomic E-state index is 0.0747. The molecule has 1 aliphatic rings. The van der Waals surface area contributed by atoms with E-state index in [1.54, 1.807) is 13.0 Å². The zero-order chi connectivity index (χ0) is 17.4. The Morgan fingerprint density at radius 2 is 1.77 bits per heavy atom. The number of hydrogen-bond donors (Lipinski definition) is 2. The molecule has 0 bridgehead atoms. The summed E-state index contributed by atoms with van der Waals surface area (Å²) in [5.74, 6) is 0.191. The second-order valence-corrected chi connectivity index (χ2v) is 13.1. The first-order valence-electron chi connectivity index (χ1n) is 8.18. The summed E-state index contributed by atoms with van der Waals surface area (Å²) in [5, 5.41) is 20.7. The van der Waals surface area contributed by atoms with Gasteiger partial charge in [0.2, 0.25) is 0 Å². The Labute approximate surface area is 137 Å². The van der Waals surface area contributed by atoms with Gasteiger partial charge >= 0.3 is 0 Å². The molecule has 4 heteroatoms. The first-order chi connectivity index (χ1) is 9.70. The molecule has 0 aromatic rings. The maximum Gasteiger partial charge on any atom is 0.184 e. The summed E-state index contributed by atoms with van der Waals surface area (Å²) in [6, 6.07) is 0. The normalized spacial score (nSPS) is 33.1. The molecule has 0 saturated heterocycles. The Hall–Kier alpha value is -0.423. The molecule has 1 rings (SSSR count). The second-order valence-electron chi connectivity index (χ2n) is 8.64. The van der Waals surface area contributed by atoms with E-state index in [-0.39, 0.29) is 17.4 Å². The van der Waals surface area contributed by atoms with Crippen LogP contribution in [0.25, 0.3) is 0 Å². The van der Waals surface area contributed by atoms with Crippen LogP contribution in [0.15, 0.2) is 24.8 Å². The minimum atomic E-state index is -1.71. The Balaban J connectivity index is 3.15. The van der Waals surface area contributed by atoms with Crippen molar-refractivity contribution in [3.63, 3.8) is 0 Å². The van der Waals surface area contributed by atoms with E-state index in [1.165, 1.54) is 6.08 Å². The third kappa shape index (κ3) is 5.05. The van der Waals surface area contributed by atoms with Crippen molar-refractivity contribution in [3.8, 4) is 0 Å². The van der Waals surface area contributed by atoms with Gasteiger partial charge in [0, 0.05) is 5.92 Å². The zero-order valence-corrected chi connectivity index (χ0v) is 16.3.